The molecule has 0 saturated carbocycles. The fraction of sp³-hybridized carbons (Fsp3) is 0.714. The summed E-state index contributed by atoms with van der Waals surface area (Å²) in [6, 6.07) is 2.20. The number of aromatic nitrogens is 2. The number of carbonyl (C=O) groups is 1. The molecule has 1 aliphatic rings. The third-order valence-corrected chi connectivity index (χ3v) is 3.76. The van der Waals surface area contributed by atoms with Gasteiger partial charge in [0.15, 0.2) is 0 Å². The number of likely N-dealkylation sites (tertiary alicyclic amines) is 1. The van der Waals surface area contributed by atoms with E-state index in [1.165, 1.54) is 0 Å². The molecule has 1 aromatic rings. The summed E-state index contributed by atoms with van der Waals surface area (Å²) >= 11 is 0. The van der Waals surface area contributed by atoms with Crippen LogP contribution in [0.1, 0.15) is 45.6 Å². The van der Waals surface area contributed by atoms with Crippen LogP contribution < -0.4 is 5.73 Å². The van der Waals surface area contributed by atoms with Crippen molar-refractivity contribution in [3.05, 3.63) is 12.3 Å². The van der Waals surface area contributed by atoms with E-state index in [2.05, 4.69) is 18.9 Å². The Bertz CT molecular complexity index is 419. The number of rotatable bonds is 4. The molecule has 2 heterocycles. The summed E-state index contributed by atoms with van der Waals surface area (Å²) in [6.45, 7) is 5.98. The number of carbonyl (C=O) groups excluding carboxylic acids is 1. The zero-order chi connectivity index (χ0) is 13.8. The molecule has 1 saturated heterocycles. The van der Waals surface area contributed by atoms with Crippen molar-refractivity contribution in [1.29, 1.82) is 0 Å². The number of amides is 1. The lowest BCUT2D eigenvalue weighted by Gasteiger charge is -2.32. The van der Waals surface area contributed by atoms with Crippen LogP contribution in [0.5, 0.6) is 0 Å². The Balaban J connectivity index is 1.80. The Labute approximate surface area is 114 Å². The summed E-state index contributed by atoms with van der Waals surface area (Å²) < 4.78 is 1.94. The van der Waals surface area contributed by atoms with Crippen LogP contribution >= 0.6 is 0 Å². The molecular formula is C14H24N4O. The van der Waals surface area contributed by atoms with E-state index in [1.807, 2.05) is 21.8 Å². The van der Waals surface area contributed by atoms with Gasteiger partial charge in [-0.05, 0) is 31.2 Å². The minimum Gasteiger partial charge on any atom is -0.382 e. The van der Waals surface area contributed by atoms with Gasteiger partial charge in [0.25, 0.3) is 0 Å². The lowest BCUT2D eigenvalue weighted by atomic mass is 10.0. The van der Waals surface area contributed by atoms with Crippen LogP contribution in [-0.4, -0.2) is 33.7 Å². The van der Waals surface area contributed by atoms with Crippen molar-refractivity contribution in [2.45, 2.75) is 45.6 Å². The SMILES string of the molecule is CC(C)CCC(=O)N1CCC(n2ccc(N)n2)CC1. The normalized spacial score (nSPS) is 17.1. The summed E-state index contributed by atoms with van der Waals surface area (Å²) in [5.74, 6) is 1.45. The number of nitrogens with two attached hydrogens (primary N) is 1. The van der Waals surface area contributed by atoms with Crippen LogP contribution in [0.2, 0.25) is 0 Å². The third-order valence-electron chi connectivity index (χ3n) is 3.76. The summed E-state index contributed by atoms with van der Waals surface area (Å²) in [5, 5.41) is 4.25. The second-order valence-electron chi connectivity index (χ2n) is 5.77. The van der Waals surface area contributed by atoms with Gasteiger partial charge in [-0.1, -0.05) is 13.8 Å². The molecule has 1 aliphatic heterocycles. The molecule has 2 N–H and O–H groups in total. The quantitative estimate of drug-likeness (QED) is 0.905. The maximum atomic E-state index is 12.0. The zero-order valence-corrected chi connectivity index (χ0v) is 11.9. The molecule has 5 heteroatoms. The molecule has 0 radical (unpaired) electrons. The van der Waals surface area contributed by atoms with E-state index in [1.54, 1.807) is 0 Å². The van der Waals surface area contributed by atoms with Gasteiger partial charge in [0.2, 0.25) is 5.91 Å². The average Bonchev–Trinajstić information content (AvgIpc) is 2.83. The maximum absolute atomic E-state index is 12.0. The molecule has 0 aliphatic carbocycles. The highest BCUT2D eigenvalue weighted by atomic mass is 16.2. The molecule has 106 valence electrons. The molecule has 19 heavy (non-hydrogen) atoms. The van der Waals surface area contributed by atoms with Crippen molar-refractivity contribution in [2.24, 2.45) is 5.92 Å². The molecule has 0 unspecified atom stereocenters. The molecule has 0 aromatic carbocycles. The van der Waals surface area contributed by atoms with Crippen LogP contribution in [0.25, 0.3) is 0 Å². The third kappa shape index (κ3) is 3.72. The largest absolute Gasteiger partial charge is 0.382 e. The molecule has 0 spiro atoms. The second kappa shape index (κ2) is 6.08. The molecule has 2 rings (SSSR count). The van der Waals surface area contributed by atoms with Gasteiger partial charge in [0.1, 0.15) is 5.82 Å². The smallest absolute Gasteiger partial charge is 0.222 e. The van der Waals surface area contributed by atoms with Gasteiger partial charge in [-0.2, -0.15) is 5.10 Å². The topological polar surface area (TPSA) is 64.2 Å². The first-order valence-corrected chi connectivity index (χ1v) is 7.14. The molecule has 5 nitrogen and oxygen atoms in total. The fourth-order valence-electron chi connectivity index (χ4n) is 2.51. The lowest BCUT2D eigenvalue weighted by molar-refractivity contribution is -0.132. The minimum absolute atomic E-state index is 0.298. The lowest BCUT2D eigenvalue weighted by Crippen LogP contribution is -2.39. The summed E-state index contributed by atoms with van der Waals surface area (Å²) in [6.07, 6.45) is 5.52. The van der Waals surface area contributed by atoms with E-state index in [-0.39, 0.29) is 0 Å². The van der Waals surface area contributed by atoms with Crippen molar-refractivity contribution in [2.75, 3.05) is 18.8 Å². The summed E-state index contributed by atoms with van der Waals surface area (Å²) in [4.78, 5) is 14.0. The van der Waals surface area contributed by atoms with Crippen LogP contribution in [0.15, 0.2) is 12.3 Å². The standard InChI is InChI=1S/C14H24N4O/c1-11(2)3-4-14(19)17-8-5-12(6-9-17)18-10-7-13(15)16-18/h7,10-12H,3-6,8-9H2,1-2H3,(H2,15,16). The molecule has 0 atom stereocenters. The second-order valence-corrected chi connectivity index (χ2v) is 5.77. The Morgan fingerprint density at radius 2 is 2.16 bits per heavy atom. The van der Waals surface area contributed by atoms with E-state index >= 15 is 0 Å². The Hall–Kier alpha value is -1.52. The fourth-order valence-corrected chi connectivity index (χ4v) is 2.51. The average molecular weight is 264 g/mol. The van der Waals surface area contributed by atoms with Crippen molar-refractivity contribution in [1.82, 2.24) is 14.7 Å². The van der Waals surface area contributed by atoms with Gasteiger partial charge < -0.3 is 10.6 Å². The number of anilines is 1. The van der Waals surface area contributed by atoms with E-state index in [9.17, 15) is 4.79 Å². The zero-order valence-electron chi connectivity index (χ0n) is 11.9. The van der Waals surface area contributed by atoms with Crippen LogP contribution in [-0.2, 0) is 4.79 Å². The highest BCUT2D eigenvalue weighted by molar-refractivity contribution is 5.76. The summed E-state index contributed by atoms with van der Waals surface area (Å²) in [7, 11) is 0. The van der Waals surface area contributed by atoms with E-state index in [0.717, 1.165) is 32.4 Å². The van der Waals surface area contributed by atoms with Gasteiger partial charge in [0.05, 0.1) is 6.04 Å². The number of nitrogen functional groups attached to an aromatic ring is 1. The van der Waals surface area contributed by atoms with Crippen molar-refractivity contribution >= 4 is 11.7 Å². The van der Waals surface area contributed by atoms with E-state index in [0.29, 0.717) is 30.1 Å². The maximum Gasteiger partial charge on any atom is 0.222 e. The minimum atomic E-state index is 0.298. The van der Waals surface area contributed by atoms with Crippen LogP contribution in [0, 0.1) is 5.92 Å². The molecule has 1 aromatic heterocycles. The number of piperidine rings is 1. The van der Waals surface area contributed by atoms with Crippen LogP contribution in [0.4, 0.5) is 5.82 Å². The van der Waals surface area contributed by atoms with E-state index in [4.69, 9.17) is 5.73 Å². The number of nitrogens with zero attached hydrogens (tertiary/aromatic N) is 3. The first-order valence-electron chi connectivity index (χ1n) is 7.14. The summed E-state index contributed by atoms with van der Waals surface area (Å²) in [5.41, 5.74) is 5.63. The first-order chi connectivity index (χ1) is 9.06. The Morgan fingerprint density at radius 1 is 1.47 bits per heavy atom. The molecule has 1 fully saturated rings. The van der Waals surface area contributed by atoms with Crippen molar-refractivity contribution < 1.29 is 4.79 Å². The molecular weight excluding hydrogens is 240 g/mol. The van der Waals surface area contributed by atoms with Gasteiger partial charge in [0, 0.05) is 25.7 Å². The number of hydrogen-bond acceptors (Lipinski definition) is 3. The van der Waals surface area contributed by atoms with Crippen molar-refractivity contribution in [3.63, 3.8) is 0 Å². The van der Waals surface area contributed by atoms with Gasteiger partial charge in [-0.15, -0.1) is 0 Å². The predicted octanol–water partition coefficient (Wildman–Crippen LogP) is 2.07. The van der Waals surface area contributed by atoms with E-state index < -0.39 is 0 Å². The predicted molar refractivity (Wildman–Crippen MR) is 75.6 cm³/mol. The Morgan fingerprint density at radius 3 is 2.68 bits per heavy atom. The molecule has 1 amide bonds. The van der Waals surface area contributed by atoms with Gasteiger partial charge in [-0.3, -0.25) is 9.48 Å². The van der Waals surface area contributed by atoms with Gasteiger partial charge >= 0.3 is 0 Å². The highest BCUT2D eigenvalue weighted by Gasteiger charge is 2.23. The monoisotopic (exact) mass is 264 g/mol. The Kier molecular flexibility index (Phi) is 4.45. The highest BCUT2D eigenvalue weighted by Crippen LogP contribution is 2.23. The first kappa shape index (κ1) is 13.9. The number of hydrogen-bond donors (Lipinski definition) is 1. The van der Waals surface area contributed by atoms with Crippen molar-refractivity contribution in [3.8, 4) is 0 Å². The van der Waals surface area contributed by atoms with Crippen LogP contribution in [0.3, 0.4) is 0 Å². The van der Waals surface area contributed by atoms with Gasteiger partial charge in [-0.25, -0.2) is 0 Å². The molecule has 0 bridgehead atoms.